The Hall–Kier alpha value is -3.12. The molecule has 0 radical (unpaired) electrons. The molecule has 27 heavy (non-hydrogen) atoms. The molecule has 1 N–H and O–H groups in total. The summed E-state index contributed by atoms with van der Waals surface area (Å²) in [6.07, 6.45) is 2.27. The maximum Gasteiger partial charge on any atom is 0.230 e. The van der Waals surface area contributed by atoms with Gasteiger partial charge < -0.3 is 10.1 Å². The van der Waals surface area contributed by atoms with Crippen molar-refractivity contribution in [3.05, 3.63) is 71.4 Å². The van der Waals surface area contributed by atoms with Gasteiger partial charge in [0.15, 0.2) is 4.96 Å². The van der Waals surface area contributed by atoms with E-state index in [1.165, 1.54) is 11.3 Å². The van der Waals surface area contributed by atoms with Crippen LogP contribution in [0.3, 0.4) is 0 Å². The number of benzene rings is 2. The first-order chi connectivity index (χ1) is 13.1. The Morgan fingerprint density at radius 1 is 1.19 bits per heavy atom. The first kappa shape index (κ1) is 17.3. The summed E-state index contributed by atoms with van der Waals surface area (Å²) in [6.45, 7) is 1.98. The number of nitrogens with one attached hydrogen (secondary N) is 1. The topological polar surface area (TPSA) is 55.6 Å². The van der Waals surface area contributed by atoms with Crippen LogP contribution in [0, 0.1) is 6.92 Å². The first-order valence-corrected chi connectivity index (χ1v) is 9.47. The van der Waals surface area contributed by atoms with E-state index in [4.69, 9.17) is 4.74 Å². The number of carbonyl (C=O) groups excluding carboxylic acids is 1. The average Bonchev–Trinajstić information content (AvgIpc) is 3.26. The first-order valence-electron chi connectivity index (χ1n) is 8.59. The monoisotopic (exact) mass is 377 g/mol. The van der Waals surface area contributed by atoms with Gasteiger partial charge in [0, 0.05) is 28.5 Å². The molecule has 0 unspecified atom stereocenters. The number of aromatic nitrogens is 2. The number of methoxy groups -OCH3 is 1. The second-order valence-electron chi connectivity index (χ2n) is 6.27. The standard InChI is InChI=1S/C21H19N3O2S/c1-14-5-3-4-6-18(14)22-20(25)11-16-13-27-21-23-19(12-24(16)21)15-7-9-17(26-2)10-8-15/h3-10,12-13H,11H2,1-2H3,(H,22,25). The van der Waals surface area contributed by atoms with Crippen LogP contribution in [0.5, 0.6) is 5.75 Å². The molecule has 0 spiro atoms. The Balaban J connectivity index is 1.55. The lowest BCUT2D eigenvalue weighted by Gasteiger charge is -2.07. The number of para-hydroxylation sites is 1. The number of aryl methyl sites for hydroxylation is 1. The molecule has 0 saturated carbocycles. The Morgan fingerprint density at radius 3 is 2.70 bits per heavy atom. The summed E-state index contributed by atoms with van der Waals surface area (Å²) in [5.41, 5.74) is 4.71. The molecule has 4 aromatic rings. The van der Waals surface area contributed by atoms with E-state index in [-0.39, 0.29) is 5.91 Å². The fraction of sp³-hybridized carbons (Fsp3) is 0.143. The number of thiazole rings is 1. The van der Waals surface area contributed by atoms with Gasteiger partial charge in [-0.15, -0.1) is 11.3 Å². The van der Waals surface area contributed by atoms with Gasteiger partial charge in [-0.2, -0.15) is 0 Å². The second kappa shape index (κ2) is 7.25. The van der Waals surface area contributed by atoms with Crippen molar-refractivity contribution >= 4 is 27.9 Å². The molecule has 4 rings (SSSR count). The van der Waals surface area contributed by atoms with Crippen LogP contribution in [-0.4, -0.2) is 22.4 Å². The predicted molar refractivity (Wildman–Crippen MR) is 109 cm³/mol. The summed E-state index contributed by atoms with van der Waals surface area (Å²) in [5.74, 6) is 0.775. The normalized spacial score (nSPS) is 10.9. The van der Waals surface area contributed by atoms with Crippen LogP contribution in [0.15, 0.2) is 60.1 Å². The van der Waals surface area contributed by atoms with Crippen LogP contribution in [0.25, 0.3) is 16.2 Å². The van der Waals surface area contributed by atoms with Crippen molar-refractivity contribution in [2.45, 2.75) is 13.3 Å². The van der Waals surface area contributed by atoms with Crippen molar-refractivity contribution in [1.29, 1.82) is 0 Å². The minimum Gasteiger partial charge on any atom is -0.497 e. The fourth-order valence-corrected chi connectivity index (χ4v) is 3.80. The Morgan fingerprint density at radius 2 is 1.96 bits per heavy atom. The second-order valence-corrected chi connectivity index (χ2v) is 7.11. The molecule has 0 atom stereocenters. The Kier molecular flexibility index (Phi) is 4.64. The van der Waals surface area contributed by atoms with Crippen molar-refractivity contribution in [2.75, 3.05) is 12.4 Å². The van der Waals surface area contributed by atoms with Gasteiger partial charge in [0.2, 0.25) is 5.91 Å². The predicted octanol–water partition coefficient (Wildman–Crippen LogP) is 4.56. The number of hydrogen-bond acceptors (Lipinski definition) is 4. The zero-order chi connectivity index (χ0) is 18.8. The van der Waals surface area contributed by atoms with Gasteiger partial charge in [-0.3, -0.25) is 9.20 Å². The summed E-state index contributed by atoms with van der Waals surface area (Å²) in [4.78, 5) is 18.0. The summed E-state index contributed by atoms with van der Waals surface area (Å²) in [6, 6.07) is 15.6. The highest BCUT2D eigenvalue weighted by Crippen LogP contribution is 2.25. The van der Waals surface area contributed by atoms with E-state index < -0.39 is 0 Å². The molecule has 1 amide bonds. The molecule has 0 aliphatic heterocycles. The molecule has 6 heteroatoms. The lowest BCUT2D eigenvalue weighted by molar-refractivity contribution is -0.115. The zero-order valence-electron chi connectivity index (χ0n) is 15.1. The maximum absolute atomic E-state index is 12.5. The Labute approximate surface area is 161 Å². The number of nitrogens with zero attached hydrogens (tertiary/aromatic N) is 2. The molecule has 0 aliphatic carbocycles. The molecule has 0 bridgehead atoms. The van der Waals surface area contributed by atoms with Gasteiger partial charge in [-0.05, 0) is 42.8 Å². The SMILES string of the molecule is COc1ccc(-c2cn3c(CC(=O)Nc4ccccc4C)csc3n2)cc1. The number of carbonyl (C=O) groups is 1. The van der Waals surface area contributed by atoms with Crippen molar-refractivity contribution in [1.82, 2.24) is 9.38 Å². The van der Waals surface area contributed by atoms with E-state index in [9.17, 15) is 4.79 Å². The van der Waals surface area contributed by atoms with Crippen molar-refractivity contribution < 1.29 is 9.53 Å². The highest BCUT2D eigenvalue weighted by Gasteiger charge is 2.13. The molecule has 2 aromatic carbocycles. The zero-order valence-corrected chi connectivity index (χ0v) is 15.9. The summed E-state index contributed by atoms with van der Waals surface area (Å²) < 4.78 is 7.19. The van der Waals surface area contributed by atoms with Gasteiger partial charge in [0.05, 0.1) is 19.2 Å². The number of fused-ring (bicyclic) bond motifs is 1. The van der Waals surface area contributed by atoms with Crippen molar-refractivity contribution in [2.24, 2.45) is 0 Å². The molecular formula is C21H19N3O2S. The molecule has 2 heterocycles. The average molecular weight is 377 g/mol. The van der Waals surface area contributed by atoms with Crippen LogP contribution in [0.2, 0.25) is 0 Å². The van der Waals surface area contributed by atoms with Gasteiger partial charge in [-0.25, -0.2) is 4.98 Å². The molecule has 2 aromatic heterocycles. The van der Waals surface area contributed by atoms with Gasteiger partial charge in [0.25, 0.3) is 0 Å². The highest BCUT2D eigenvalue weighted by molar-refractivity contribution is 7.15. The maximum atomic E-state index is 12.5. The summed E-state index contributed by atoms with van der Waals surface area (Å²) >= 11 is 1.54. The molecule has 0 aliphatic rings. The quantitative estimate of drug-likeness (QED) is 0.555. The van der Waals surface area contributed by atoms with E-state index in [0.29, 0.717) is 6.42 Å². The van der Waals surface area contributed by atoms with Crippen molar-refractivity contribution in [3.63, 3.8) is 0 Å². The van der Waals surface area contributed by atoms with E-state index in [1.807, 2.05) is 71.4 Å². The van der Waals surface area contributed by atoms with E-state index in [2.05, 4.69) is 10.3 Å². The number of anilines is 1. The number of rotatable bonds is 5. The number of amides is 1. The minimum absolute atomic E-state index is 0.0382. The van der Waals surface area contributed by atoms with E-state index in [1.54, 1.807) is 7.11 Å². The minimum atomic E-state index is -0.0382. The largest absolute Gasteiger partial charge is 0.497 e. The number of ether oxygens (including phenoxy) is 1. The van der Waals surface area contributed by atoms with Crippen LogP contribution in [-0.2, 0) is 11.2 Å². The highest BCUT2D eigenvalue weighted by atomic mass is 32.1. The summed E-state index contributed by atoms with van der Waals surface area (Å²) in [7, 11) is 1.65. The van der Waals surface area contributed by atoms with Crippen LogP contribution in [0.1, 0.15) is 11.3 Å². The fourth-order valence-electron chi connectivity index (χ4n) is 2.93. The van der Waals surface area contributed by atoms with E-state index in [0.717, 1.165) is 38.9 Å². The van der Waals surface area contributed by atoms with Gasteiger partial charge in [0.1, 0.15) is 5.75 Å². The summed E-state index contributed by atoms with van der Waals surface area (Å²) in [5, 5.41) is 4.97. The third-order valence-electron chi connectivity index (χ3n) is 4.43. The number of imidazole rings is 1. The lowest BCUT2D eigenvalue weighted by atomic mass is 10.1. The Bertz CT molecular complexity index is 1100. The lowest BCUT2D eigenvalue weighted by Crippen LogP contribution is -2.15. The number of hydrogen-bond donors (Lipinski definition) is 1. The van der Waals surface area contributed by atoms with Crippen LogP contribution >= 0.6 is 11.3 Å². The van der Waals surface area contributed by atoms with Gasteiger partial charge >= 0.3 is 0 Å². The van der Waals surface area contributed by atoms with Crippen molar-refractivity contribution in [3.8, 4) is 17.0 Å². The third-order valence-corrected chi connectivity index (χ3v) is 5.32. The third kappa shape index (κ3) is 3.57. The van der Waals surface area contributed by atoms with Crippen LogP contribution in [0.4, 0.5) is 5.69 Å². The molecule has 0 fully saturated rings. The van der Waals surface area contributed by atoms with Gasteiger partial charge in [-0.1, -0.05) is 18.2 Å². The van der Waals surface area contributed by atoms with Crippen LogP contribution < -0.4 is 10.1 Å². The van der Waals surface area contributed by atoms with E-state index >= 15 is 0 Å². The molecule has 0 saturated heterocycles. The smallest absolute Gasteiger partial charge is 0.230 e. The molecular weight excluding hydrogens is 358 g/mol. The molecule has 136 valence electrons. The molecule has 5 nitrogen and oxygen atoms in total.